The van der Waals surface area contributed by atoms with Gasteiger partial charge in [0.15, 0.2) is 0 Å². The van der Waals surface area contributed by atoms with Crippen molar-refractivity contribution in [2.45, 2.75) is 19.5 Å². The minimum absolute atomic E-state index is 0.0331. The molecule has 0 saturated carbocycles. The molecule has 2 nitrogen and oxygen atoms in total. The maximum Gasteiger partial charge on any atom is 0.418 e. The third-order valence-corrected chi connectivity index (χ3v) is 2.58. The van der Waals surface area contributed by atoms with Crippen molar-refractivity contribution in [3.05, 3.63) is 41.7 Å². The average molecular weight is 253 g/mol. The van der Waals surface area contributed by atoms with Crippen LogP contribution in [-0.4, -0.2) is 10.8 Å². The first-order valence-electron chi connectivity index (χ1n) is 5.31. The number of nitrogens with zero attached hydrogens (tertiary/aromatic N) is 1. The number of halogens is 3. The normalized spacial score (nSPS) is 11.8. The van der Waals surface area contributed by atoms with E-state index in [1.807, 2.05) is 0 Å². The van der Waals surface area contributed by atoms with E-state index in [-0.39, 0.29) is 17.6 Å². The molecule has 0 aliphatic carbocycles. The summed E-state index contributed by atoms with van der Waals surface area (Å²) in [5.41, 5.74) is -0.0644. The van der Waals surface area contributed by atoms with Gasteiger partial charge in [0.2, 0.25) is 0 Å². The highest BCUT2D eigenvalue weighted by Crippen LogP contribution is 2.34. The quantitative estimate of drug-likeness (QED) is 0.821. The molecule has 94 valence electrons. The molecule has 0 spiro atoms. The van der Waals surface area contributed by atoms with Crippen molar-refractivity contribution in [3.63, 3.8) is 0 Å². The summed E-state index contributed by atoms with van der Waals surface area (Å²) < 4.78 is 38.2. The highest BCUT2D eigenvalue weighted by atomic mass is 19.4. The van der Waals surface area contributed by atoms with Crippen molar-refractivity contribution in [2.24, 2.45) is 0 Å². The lowest BCUT2D eigenvalue weighted by molar-refractivity contribution is -0.136. The van der Waals surface area contributed by atoms with Crippen LogP contribution in [0.25, 0.3) is 10.8 Å². The number of hydrogen-bond donors (Lipinski definition) is 0. The summed E-state index contributed by atoms with van der Waals surface area (Å²) in [6, 6.07) is 4.50. The Morgan fingerprint density at radius 2 is 2.00 bits per heavy atom. The van der Waals surface area contributed by atoms with Gasteiger partial charge in [-0.1, -0.05) is 12.1 Å². The van der Waals surface area contributed by atoms with Gasteiger partial charge < -0.3 is 0 Å². The molecule has 0 aliphatic heterocycles. The number of carbonyl (C=O) groups is 1. The minimum Gasteiger partial charge on any atom is -0.300 e. The van der Waals surface area contributed by atoms with Gasteiger partial charge in [-0.05, 0) is 23.9 Å². The van der Waals surface area contributed by atoms with Crippen LogP contribution in [0.1, 0.15) is 18.1 Å². The highest BCUT2D eigenvalue weighted by Gasteiger charge is 2.32. The van der Waals surface area contributed by atoms with Crippen molar-refractivity contribution in [1.29, 1.82) is 0 Å². The van der Waals surface area contributed by atoms with Crippen molar-refractivity contribution in [3.8, 4) is 0 Å². The number of pyridine rings is 1. The van der Waals surface area contributed by atoms with Gasteiger partial charge in [-0.2, -0.15) is 13.2 Å². The molecule has 1 heterocycles. The number of Topliss-reactive ketones (excluding diaryl/α,β-unsaturated/α-hetero) is 1. The molecule has 0 fully saturated rings. The molecule has 0 amide bonds. The molecule has 0 aliphatic rings. The summed E-state index contributed by atoms with van der Waals surface area (Å²) in [5.74, 6) is -0.0331. The Bertz CT molecular complexity index is 605. The van der Waals surface area contributed by atoms with Crippen LogP contribution in [0.3, 0.4) is 0 Å². The molecule has 0 N–H and O–H groups in total. The van der Waals surface area contributed by atoms with Gasteiger partial charge >= 0.3 is 6.18 Å². The Hall–Kier alpha value is -1.91. The minimum atomic E-state index is -4.42. The third-order valence-electron chi connectivity index (χ3n) is 2.58. The van der Waals surface area contributed by atoms with Gasteiger partial charge in [0.1, 0.15) is 5.78 Å². The Morgan fingerprint density at radius 1 is 1.28 bits per heavy atom. The van der Waals surface area contributed by atoms with E-state index >= 15 is 0 Å². The molecule has 2 aromatic rings. The number of rotatable bonds is 2. The van der Waals surface area contributed by atoms with E-state index in [4.69, 9.17) is 0 Å². The van der Waals surface area contributed by atoms with Crippen LogP contribution in [0.5, 0.6) is 0 Å². The fourth-order valence-electron chi connectivity index (χ4n) is 1.85. The Labute approximate surface area is 101 Å². The molecule has 1 aromatic heterocycles. The molecule has 2 rings (SSSR count). The summed E-state index contributed by atoms with van der Waals surface area (Å²) in [6.07, 6.45) is -2.03. The molecule has 18 heavy (non-hydrogen) atoms. The number of ketones is 1. The Balaban J connectivity index is 2.57. The van der Waals surface area contributed by atoms with E-state index in [0.29, 0.717) is 10.9 Å². The molecule has 0 saturated heterocycles. The lowest BCUT2D eigenvalue weighted by Crippen LogP contribution is -2.06. The topological polar surface area (TPSA) is 30.0 Å². The van der Waals surface area contributed by atoms with Gasteiger partial charge in [0, 0.05) is 24.2 Å². The summed E-state index contributed by atoms with van der Waals surface area (Å²) in [5, 5.41) is 0.494. The molecular weight excluding hydrogens is 243 g/mol. The van der Waals surface area contributed by atoms with Crippen molar-refractivity contribution in [2.75, 3.05) is 0 Å². The Morgan fingerprint density at radius 3 is 2.61 bits per heavy atom. The van der Waals surface area contributed by atoms with Crippen LogP contribution in [0, 0.1) is 0 Å². The number of alkyl halides is 3. The van der Waals surface area contributed by atoms with Crippen LogP contribution < -0.4 is 0 Å². The second-order valence-corrected chi connectivity index (χ2v) is 4.12. The largest absolute Gasteiger partial charge is 0.418 e. The van der Waals surface area contributed by atoms with Crippen LogP contribution in [0.4, 0.5) is 13.2 Å². The molecule has 0 bridgehead atoms. The molecule has 0 radical (unpaired) electrons. The van der Waals surface area contributed by atoms with Gasteiger partial charge in [0.25, 0.3) is 0 Å². The van der Waals surface area contributed by atoms with Gasteiger partial charge in [-0.15, -0.1) is 0 Å². The third kappa shape index (κ3) is 2.50. The average Bonchev–Trinajstić information content (AvgIpc) is 2.25. The number of aromatic nitrogens is 1. The maximum atomic E-state index is 12.7. The van der Waals surface area contributed by atoms with Crippen LogP contribution in [0.15, 0.2) is 30.6 Å². The summed E-state index contributed by atoms with van der Waals surface area (Å²) in [6.45, 7) is 1.44. The number of carbonyl (C=O) groups excluding carboxylic acids is 1. The van der Waals surface area contributed by atoms with Gasteiger partial charge in [0.05, 0.1) is 5.56 Å². The molecular formula is C13H10F3NO. The molecule has 0 unspecified atom stereocenters. The zero-order chi connectivity index (χ0) is 13.3. The summed E-state index contributed by atoms with van der Waals surface area (Å²) in [4.78, 5) is 14.6. The fraction of sp³-hybridized carbons (Fsp3) is 0.231. The van der Waals surface area contributed by atoms with E-state index in [0.717, 1.165) is 6.20 Å². The SMILES string of the molecule is CC(=O)Cc1ccc2c(C(F)(F)F)cncc2c1. The second-order valence-electron chi connectivity index (χ2n) is 4.12. The van der Waals surface area contributed by atoms with Crippen molar-refractivity contribution < 1.29 is 18.0 Å². The standard InChI is InChI=1S/C13H10F3NO/c1-8(18)4-9-2-3-11-10(5-9)6-17-7-12(11)13(14,15)16/h2-3,5-7H,4H2,1H3. The predicted octanol–water partition coefficient (Wildman–Crippen LogP) is 3.39. The Kier molecular flexibility index (Phi) is 3.07. The first-order valence-corrected chi connectivity index (χ1v) is 5.31. The lowest BCUT2D eigenvalue weighted by Gasteiger charge is -2.10. The van der Waals surface area contributed by atoms with E-state index in [1.165, 1.54) is 19.2 Å². The summed E-state index contributed by atoms with van der Waals surface area (Å²) in [7, 11) is 0. The number of benzene rings is 1. The van der Waals surface area contributed by atoms with Crippen molar-refractivity contribution >= 4 is 16.6 Å². The van der Waals surface area contributed by atoms with Crippen LogP contribution >= 0.6 is 0 Å². The second kappa shape index (κ2) is 4.40. The van der Waals surface area contributed by atoms with Crippen LogP contribution in [-0.2, 0) is 17.4 Å². The van der Waals surface area contributed by atoms with Crippen molar-refractivity contribution in [1.82, 2.24) is 4.98 Å². The zero-order valence-corrected chi connectivity index (χ0v) is 9.58. The lowest BCUT2D eigenvalue weighted by atomic mass is 10.0. The predicted molar refractivity (Wildman–Crippen MR) is 61.1 cm³/mol. The van der Waals surface area contributed by atoms with E-state index in [1.54, 1.807) is 12.1 Å². The maximum absolute atomic E-state index is 12.7. The van der Waals surface area contributed by atoms with Gasteiger partial charge in [-0.3, -0.25) is 9.78 Å². The van der Waals surface area contributed by atoms with E-state index < -0.39 is 11.7 Å². The first-order chi connectivity index (χ1) is 8.38. The number of fused-ring (bicyclic) bond motifs is 1. The smallest absolute Gasteiger partial charge is 0.300 e. The highest BCUT2D eigenvalue weighted by molar-refractivity contribution is 5.87. The summed E-state index contributed by atoms with van der Waals surface area (Å²) >= 11 is 0. The zero-order valence-electron chi connectivity index (χ0n) is 9.58. The first kappa shape index (κ1) is 12.5. The fourth-order valence-corrected chi connectivity index (χ4v) is 1.85. The molecule has 5 heteroatoms. The van der Waals surface area contributed by atoms with E-state index in [9.17, 15) is 18.0 Å². The monoisotopic (exact) mass is 253 g/mol. The van der Waals surface area contributed by atoms with Gasteiger partial charge in [-0.25, -0.2) is 0 Å². The molecule has 0 atom stereocenters. The number of hydrogen-bond acceptors (Lipinski definition) is 2. The van der Waals surface area contributed by atoms with Crippen LogP contribution in [0.2, 0.25) is 0 Å². The van der Waals surface area contributed by atoms with E-state index in [2.05, 4.69) is 4.98 Å². The molecule has 1 aromatic carbocycles.